The molecular formula is C10H14O5S. The summed E-state index contributed by atoms with van der Waals surface area (Å²) in [5.41, 5.74) is -0.0482. The first kappa shape index (κ1) is 13.1. The SMILES string of the molecule is C=C(C)C(=O)OCC(=O)OC1COCCS1. The molecule has 0 aromatic rings. The highest BCUT2D eigenvalue weighted by Crippen LogP contribution is 2.17. The van der Waals surface area contributed by atoms with E-state index in [4.69, 9.17) is 9.47 Å². The number of hydrogen-bond donors (Lipinski definition) is 0. The van der Waals surface area contributed by atoms with Crippen molar-refractivity contribution in [2.24, 2.45) is 0 Å². The standard InChI is InChI=1S/C10H14O5S/c1-7(2)10(12)14-5-8(11)15-9-6-13-3-4-16-9/h9H,1,3-6H2,2H3. The molecule has 0 aromatic carbocycles. The molecule has 0 spiro atoms. The minimum Gasteiger partial charge on any atom is -0.450 e. The van der Waals surface area contributed by atoms with Crippen molar-refractivity contribution in [3.63, 3.8) is 0 Å². The topological polar surface area (TPSA) is 61.8 Å². The number of carbonyl (C=O) groups is 2. The largest absolute Gasteiger partial charge is 0.450 e. The lowest BCUT2D eigenvalue weighted by Crippen LogP contribution is -2.28. The molecule has 6 heteroatoms. The maximum atomic E-state index is 11.2. The molecule has 0 aromatic heterocycles. The first-order valence-corrected chi connectivity index (χ1v) is 5.86. The van der Waals surface area contributed by atoms with E-state index in [1.807, 2.05) is 0 Å². The van der Waals surface area contributed by atoms with Gasteiger partial charge in [-0.1, -0.05) is 6.58 Å². The van der Waals surface area contributed by atoms with E-state index in [-0.39, 0.29) is 17.6 Å². The van der Waals surface area contributed by atoms with Gasteiger partial charge in [0.15, 0.2) is 12.0 Å². The highest BCUT2D eigenvalue weighted by atomic mass is 32.2. The van der Waals surface area contributed by atoms with Crippen LogP contribution in [0, 0.1) is 0 Å². The third-order valence-corrected chi connectivity index (χ3v) is 2.72. The van der Waals surface area contributed by atoms with Crippen LogP contribution < -0.4 is 0 Å². The monoisotopic (exact) mass is 246 g/mol. The van der Waals surface area contributed by atoms with Gasteiger partial charge in [-0.2, -0.15) is 0 Å². The summed E-state index contributed by atoms with van der Waals surface area (Å²) in [4.78, 5) is 22.2. The zero-order valence-corrected chi connectivity index (χ0v) is 9.88. The van der Waals surface area contributed by atoms with Crippen LogP contribution in [0.25, 0.3) is 0 Å². The quantitative estimate of drug-likeness (QED) is 0.538. The van der Waals surface area contributed by atoms with Crippen molar-refractivity contribution in [1.29, 1.82) is 0 Å². The van der Waals surface area contributed by atoms with Crippen LogP contribution in [0.15, 0.2) is 12.2 Å². The second-order valence-electron chi connectivity index (χ2n) is 3.22. The van der Waals surface area contributed by atoms with E-state index in [1.165, 1.54) is 18.7 Å². The fourth-order valence-electron chi connectivity index (χ4n) is 0.962. The molecule has 1 fully saturated rings. The first-order valence-electron chi connectivity index (χ1n) is 4.81. The van der Waals surface area contributed by atoms with Crippen LogP contribution in [-0.4, -0.2) is 42.9 Å². The van der Waals surface area contributed by atoms with Gasteiger partial charge in [-0.3, -0.25) is 0 Å². The Bertz CT molecular complexity index is 283. The number of ether oxygens (including phenoxy) is 3. The van der Waals surface area contributed by atoms with E-state index < -0.39 is 11.9 Å². The van der Waals surface area contributed by atoms with E-state index in [0.717, 1.165) is 5.75 Å². The van der Waals surface area contributed by atoms with Crippen LogP contribution in [0.4, 0.5) is 0 Å². The summed E-state index contributed by atoms with van der Waals surface area (Å²) >= 11 is 1.51. The third kappa shape index (κ3) is 4.67. The van der Waals surface area contributed by atoms with E-state index in [1.54, 1.807) is 0 Å². The molecule has 1 atom stereocenters. The summed E-state index contributed by atoms with van der Waals surface area (Å²) in [5, 5.41) is 0. The number of esters is 2. The van der Waals surface area contributed by atoms with Crippen LogP contribution in [0.5, 0.6) is 0 Å². The normalized spacial score (nSPS) is 19.9. The molecule has 1 unspecified atom stereocenters. The van der Waals surface area contributed by atoms with Crippen molar-refractivity contribution in [1.82, 2.24) is 0 Å². The van der Waals surface area contributed by atoms with Crippen molar-refractivity contribution in [3.05, 3.63) is 12.2 Å². The minimum absolute atomic E-state index is 0.253. The average Bonchev–Trinajstić information content (AvgIpc) is 2.27. The molecule has 0 amide bonds. The molecule has 5 nitrogen and oxygen atoms in total. The minimum atomic E-state index is -0.593. The zero-order chi connectivity index (χ0) is 12.0. The summed E-state index contributed by atoms with van der Waals surface area (Å²) in [6.07, 6.45) is 0. The Hall–Kier alpha value is -1.01. The maximum Gasteiger partial charge on any atom is 0.345 e. The lowest BCUT2D eigenvalue weighted by Gasteiger charge is -2.21. The predicted molar refractivity (Wildman–Crippen MR) is 58.9 cm³/mol. The highest BCUT2D eigenvalue weighted by Gasteiger charge is 2.19. The van der Waals surface area contributed by atoms with Gasteiger partial charge in [0.2, 0.25) is 0 Å². The number of rotatable bonds is 4. The summed E-state index contributed by atoms with van der Waals surface area (Å²) in [6, 6.07) is 0. The van der Waals surface area contributed by atoms with Crippen LogP contribution in [0.2, 0.25) is 0 Å². The van der Waals surface area contributed by atoms with Crippen molar-refractivity contribution in [3.8, 4) is 0 Å². The van der Waals surface area contributed by atoms with Gasteiger partial charge >= 0.3 is 11.9 Å². The van der Waals surface area contributed by atoms with Gasteiger partial charge in [0.25, 0.3) is 0 Å². The molecule has 0 N–H and O–H groups in total. The average molecular weight is 246 g/mol. The van der Waals surface area contributed by atoms with Gasteiger partial charge in [0.05, 0.1) is 13.2 Å². The zero-order valence-electron chi connectivity index (χ0n) is 9.06. The Morgan fingerprint density at radius 2 is 2.31 bits per heavy atom. The fraction of sp³-hybridized carbons (Fsp3) is 0.600. The number of hydrogen-bond acceptors (Lipinski definition) is 6. The Morgan fingerprint density at radius 3 is 2.88 bits per heavy atom. The molecule has 16 heavy (non-hydrogen) atoms. The molecule has 1 aliphatic heterocycles. The van der Waals surface area contributed by atoms with Crippen LogP contribution in [-0.2, 0) is 23.8 Å². The smallest absolute Gasteiger partial charge is 0.345 e. The summed E-state index contributed by atoms with van der Waals surface area (Å²) in [5.74, 6) is -0.370. The highest BCUT2D eigenvalue weighted by molar-refractivity contribution is 7.99. The van der Waals surface area contributed by atoms with E-state index in [9.17, 15) is 9.59 Å². The van der Waals surface area contributed by atoms with Gasteiger partial charge in [0, 0.05) is 11.3 Å². The Balaban J connectivity index is 2.19. The van der Waals surface area contributed by atoms with Crippen molar-refractivity contribution in [2.45, 2.75) is 12.4 Å². The Kier molecular flexibility index (Phi) is 5.34. The van der Waals surface area contributed by atoms with Gasteiger partial charge in [0.1, 0.15) is 0 Å². The fourth-order valence-corrected chi connectivity index (χ4v) is 1.81. The number of thioether (sulfide) groups is 1. The van der Waals surface area contributed by atoms with Gasteiger partial charge in [-0.25, -0.2) is 9.59 Å². The van der Waals surface area contributed by atoms with Gasteiger partial charge < -0.3 is 14.2 Å². The van der Waals surface area contributed by atoms with E-state index in [0.29, 0.717) is 13.2 Å². The molecule has 0 radical (unpaired) electrons. The second-order valence-corrected chi connectivity index (χ2v) is 4.49. The molecule has 0 saturated carbocycles. The van der Waals surface area contributed by atoms with Crippen LogP contribution >= 0.6 is 11.8 Å². The van der Waals surface area contributed by atoms with Crippen LogP contribution in [0.1, 0.15) is 6.92 Å². The van der Waals surface area contributed by atoms with Crippen molar-refractivity contribution < 1.29 is 23.8 Å². The van der Waals surface area contributed by atoms with E-state index >= 15 is 0 Å². The van der Waals surface area contributed by atoms with Crippen molar-refractivity contribution in [2.75, 3.05) is 25.6 Å². The molecule has 1 aliphatic rings. The molecule has 1 rings (SSSR count). The third-order valence-electron chi connectivity index (χ3n) is 1.72. The first-order chi connectivity index (χ1) is 7.59. The summed E-state index contributed by atoms with van der Waals surface area (Å²) in [6.45, 7) is 5.57. The van der Waals surface area contributed by atoms with Gasteiger partial charge in [-0.15, -0.1) is 11.8 Å². The van der Waals surface area contributed by atoms with E-state index in [2.05, 4.69) is 11.3 Å². The Morgan fingerprint density at radius 1 is 1.56 bits per heavy atom. The summed E-state index contributed by atoms with van der Waals surface area (Å²) in [7, 11) is 0. The lowest BCUT2D eigenvalue weighted by molar-refractivity contribution is -0.159. The summed E-state index contributed by atoms with van der Waals surface area (Å²) < 4.78 is 14.8. The predicted octanol–water partition coefficient (Wildman–Crippen LogP) is 0.738. The Labute approximate surface area is 98.1 Å². The second kappa shape index (κ2) is 6.55. The molecular weight excluding hydrogens is 232 g/mol. The molecule has 1 saturated heterocycles. The molecule has 90 valence electrons. The molecule has 0 bridgehead atoms. The number of carbonyl (C=O) groups excluding carboxylic acids is 2. The molecule has 1 heterocycles. The van der Waals surface area contributed by atoms with Gasteiger partial charge in [-0.05, 0) is 6.92 Å². The van der Waals surface area contributed by atoms with Crippen LogP contribution in [0.3, 0.4) is 0 Å². The maximum absolute atomic E-state index is 11.2. The van der Waals surface area contributed by atoms with Crippen molar-refractivity contribution >= 4 is 23.7 Å². The lowest BCUT2D eigenvalue weighted by atomic mass is 10.4. The molecule has 0 aliphatic carbocycles.